The van der Waals surface area contributed by atoms with Crippen LogP contribution in [0.1, 0.15) is 58.8 Å². The zero-order valence-electron chi connectivity index (χ0n) is 8.94. The Morgan fingerprint density at radius 3 is 2.17 bits per heavy atom. The Balaban J connectivity index is 2.90. The second-order valence-electron chi connectivity index (χ2n) is 3.60. The molecule has 0 aromatic carbocycles. The first-order valence-corrected chi connectivity index (χ1v) is 6.62. The molecule has 0 aromatic heterocycles. The predicted octanol–water partition coefficient (Wildman–Crippen LogP) is 4.49. The van der Waals surface area contributed by atoms with Gasteiger partial charge in [0.25, 0.3) is 0 Å². The largest absolute Gasteiger partial charge is 0.162 e. The van der Waals surface area contributed by atoms with E-state index in [1.165, 1.54) is 44.9 Å². The number of unbranched alkanes of at least 4 members (excludes halogenated alkanes) is 5. The van der Waals surface area contributed by atoms with E-state index in [0.717, 1.165) is 5.25 Å². The van der Waals surface area contributed by atoms with E-state index in [9.17, 15) is 0 Å². The second-order valence-corrected chi connectivity index (χ2v) is 4.88. The third-order valence-corrected chi connectivity index (χ3v) is 3.41. The summed E-state index contributed by atoms with van der Waals surface area (Å²) in [6.07, 6.45) is 12.2. The Kier molecular flexibility index (Phi) is 9.71. The Labute approximate surface area is 82.5 Å². The van der Waals surface area contributed by atoms with Gasteiger partial charge in [-0.05, 0) is 12.7 Å². The quantitative estimate of drug-likeness (QED) is 0.506. The predicted molar refractivity (Wildman–Crippen MR) is 61.0 cm³/mol. The monoisotopic (exact) mass is 188 g/mol. The molecule has 0 aliphatic carbocycles. The van der Waals surface area contributed by atoms with Gasteiger partial charge in [0.05, 0.1) is 0 Å². The molecule has 0 spiro atoms. The molecule has 0 saturated carbocycles. The molecular formula is C11H24S. The summed E-state index contributed by atoms with van der Waals surface area (Å²) in [7, 11) is 0. The Hall–Kier alpha value is 0.350. The lowest BCUT2D eigenvalue weighted by Gasteiger charge is -2.06. The van der Waals surface area contributed by atoms with E-state index in [1.54, 1.807) is 0 Å². The SMILES string of the molecule is CCCCCCCCC(C)SC. The molecule has 0 aromatic rings. The molecule has 1 atom stereocenters. The number of hydrogen-bond acceptors (Lipinski definition) is 1. The highest BCUT2D eigenvalue weighted by Gasteiger charge is 1.97. The average molecular weight is 188 g/mol. The molecule has 0 saturated heterocycles. The van der Waals surface area contributed by atoms with Crippen LogP contribution in [0, 0.1) is 0 Å². The van der Waals surface area contributed by atoms with Crippen LogP contribution in [0.25, 0.3) is 0 Å². The van der Waals surface area contributed by atoms with E-state index >= 15 is 0 Å². The molecule has 0 bridgehead atoms. The minimum Gasteiger partial charge on any atom is -0.162 e. The molecule has 0 radical (unpaired) electrons. The molecule has 0 fully saturated rings. The molecule has 74 valence electrons. The fraction of sp³-hybridized carbons (Fsp3) is 1.00. The lowest BCUT2D eigenvalue weighted by Crippen LogP contribution is -1.93. The lowest BCUT2D eigenvalue weighted by molar-refractivity contribution is 0.589. The maximum atomic E-state index is 2.33. The molecule has 0 aliphatic heterocycles. The van der Waals surface area contributed by atoms with E-state index in [-0.39, 0.29) is 0 Å². The van der Waals surface area contributed by atoms with Gasteiger partial charge in [-0.25, -0.2) is 0 Å². The van der Waals surface area contributed by atoms with E-state index in [1.807, 2.05) is 11.8 Å². The van der Waals surface area contributed by atoms with E-state index in [0.29, 0.717) is 0 Å². The lowest BCUT2D eigenvalue weighted by atomic mass is 10.1. The maximum absolute atomic E-state index is 2.33. The van der Waals surface area contributed by atoms with Gasteiger partial charge in [-0.1, -0.05) is 52.4 Å². The van der Waals surface area contributed by atoms with Gasteiger partial charge in [0.2, 0.25) is 0 Å². The summed E-state index contributed by atoms with van der Waals surface area (Å²) in [5, 5.41) is 0.871. The highest BCUT2D eigenvalue weighted by molar-refractivity contribution is 7.99. The van der Waals surface area contributed by atoms with Crippen molar-refractivity contribution >= 4 is 11.8 Å². The molecule has 0 amide bonds. The molecule has 0 N–H and O–H groups in total. The third kappa shape index (κ3) is 8.45. The highest BCUT2D eigenvalue weighted by Crippen LogP contribution is 2.15. The maximum Gasteiger partial charge on any atom is 0.00159 e. The smallest absolute Gasteiger partial charge is 0.00159 e. The topological polar surface area (TPSA) is 0 Å². The molecule has 0 heterocycles. The minimum absolute atomic E-state index is 0.871. The third-order valence-electron chi connectivity index (χ3n) is 2.37. The van der Waals surface area contributed by atoms with Crippen LogP contribution < -0.4 is 0 Å². The van der Waals surface area contributed by atoms with Crippen molar-refractivity contribution in [1.82, 2.24) is 0 Å². The average Bonchev–Trinajstić information content (AvgIpc) is 2.10. The molecule has 0 aliphatic rings. The summed E-state index contributed by atoms with van der Waals surface area (Å²) < 4.78 is 0. The molecular weight excluding hydrogens is 164 g/mol. The van der Waals surface area contributed by atoms with E-state index in [4.69, 9.17) is 0 Å². The summed E-state index contributed by atoms with van der Waals surface area (Å²) in [4.78, 5) is 0. The van der Waals surface area contributed by atoms with Gasteiger partial charge in [-0.3, -0.25) is 0 Å². The first-order valence-electron chi connectivity index (χ1n) is 5.34. The first-order chi connectivity index (χ1) is 5.81. The summed E-state index contributed by atoms with van der Waals surface area (Å²) in [6.45, 7) is 4.60. The van der Waals surface area contributed by atoms with Gasteiger partial charge in [0, 0.05) is 5.25 Å². The molecule has 0 nitrogen and oxygen atoms in total. The minimum atomic E-state index is 0.871. The summed E-state index contributed by atoms with van der Waals surface area (Å²) in [5.74, 6) is 0. The molecule has 12 heavy (non-hydrogen) atoms. The number of thioether (sulfide) groups is 1. The zero-order chi connectivity index (χ0) is 9.23. The van der Waals surface area contributed by atoms with Crippen molar-refractivity contribution in [2.45, 2.75) is 64.0 Å². The van der Waals surface area contributed by atoms with E-state index in [2.05, 4.69) is 20.1 Å². The van der Waals surface area contributed by atoms with Gasteiger partial charge in [-0.15, -0.1) is 0 Å². The summed E-state index contributed by atoms with van der Waals surface area (Å²) >= 11 is 1.99. The normalized spacial score (nSPS) is 13.2. The van der Waals surface area contributed by atoms with Crippen molar-refractivity contribution in [1.29, 1.82) is 0 Å². The second kappa shape index (κ2) is 9.44. The standard InChI is InChI=1S/C11H24S/c1-4-5-6-7-8-9-10-11(2)12-3/h11H,4-10H2,1-3H3. The summed E-state index contributed by atoms with van der Waals surface area (Å²) in [6, 6.07) is 0. The molecule has 1 unspecified atom stereocenters. The Morgan fingerprint density at radius 1 is 1.00 bits per heavy atom. The summed E-state index contributed by atoms with van der Waals surface area (Å²) in [5.41, 5.74) is 0. The fourth-order valence-corrected chi connectivity index (χ4v) is 1.73. The van der Waals surface area contributed by atoms with Crippen LogP contribution in [0.2, 0.25) is 0 Å². The van der Waals surface area contributed by atoms with Crippen LogP contribution in [0.5, 0.6) is 0 Å². The fourth-order valence-electron chi connectivity index (χ4n) is 1.33. The van der Waals surface area contributed by atoms with Gasteiger partial charge in [0.15, 0.2) is 0 Å². The Morgan fingerprint density at radius 2 is 1.58 bits per heavy atom. The van der Waals surface area contributed by atoms with Crippen LogP contribution in [0.3, 0.4) is 0 Å². The molecule has 0 rings (SSSR count). The zero-order valence-corrected chi connectivity index (χ0v) is 9.75. The molecule has 1 heteroatoms. The van der Waals surface area contributed by atoms with Gasteiger partial charge in [0.1, 0.15) is 0 Å². The van der Waals surface area contributed by atoms with Crippen molar-refractivity contribution in [3.63, 3.8) is 0 Å². The van der Waals surface area contributed by atoms with Crippen molar-refractivity contribution in [2.75, 3.05) is 6.26 Å². The number of hydrogen-bond donors (Lipinski definition) is 0. The van der Waals surface area contributed by atoms with Crippen LogP contribution in [-0.4, -0.2) is 11.5 Å². The van der Waals surface area contributed by atoms with Crippen molar-refractivity contribution in [3.8, 4) is 0 Å². The van der Waals surface area contributed by atoms with Crippen molar-refractivity contribution in [2.24, 2.45) is 0 Å². The van der Waals surface area contributed by atoms with Crippen molar-refractivity contribution < 1.29 is 0 Å². The van der Waals surface area contributed by atoms with E-state index < -0.39 is 0 Å². The highest BCUT2D eigenvalue weighted by atomic mass is 32.2. The van der Waals surface area contributed by atoms with Crippen LogP contribution >= 0.6 is 11.8 Å². The number of rotatable bonds is 8. The van der Waals surface area contributed by atoms with Crippen LogP contribution in [0.15, 0.2) is 0 Å². The first kappa shape index (κ1) is 12.3. The Bertz CT molecular complexity index is 81.1. The van der Waals surface area contributed by atoms with Crippen LogP contribution in [-0.2, 0) is 0 Å². The van der Waals surface area contributed by atoms with Gasteiger partial charge >= 0.3 is 0 Å². The van der Waals surface area contributed by atoms with Gasteiger partial charge in [-0.2, -0.15) is 11.8 Å². The van der Waals surface area contributed by atoms with Gasteiger partial charge < -0.3 is 0 Å². The van der Waals surface area contributed by atoms with Crippen LogP contribution in [0.4, 0.5) is 0 Å². The van der Waals surface area contributed by atoms with Crippen molar-refractivity contribution in [3.05, 3.63) is 0 Å².